The standard InChI is InChI=1S/C23H23FN4O3/c1-27-12-23(11-18(27)21-25-20(26-31-21)15-6-4-3-5-7-15)13-28(14-23)22(29)16-8-9-19(30-2)17(24)10-16/h3-10,18H,11-14H2,1-2H3. The first kappa shape index (κ1) is 19.7. The summed E-state index contributed by atoms with van der Waals surface area (Å²) < 4.78 is 24.5. The monoisotopic (exact) mass is 422 g/mol. The molecule has 1 amide bonds. The van der Waals surface area contributed by atoms with Gasteiger partial charge in [-0.05, 0) is 31.7 Å². The second kappa shape index (κ2) is 7.46. The van der Waals surface area contributed by atoms with Crippen LogP contribution in [0.1, 0.15) is 28.7 Å². The van der Waals surface area contributed by atoms with Crippen molar-refractivity contribution >= 4 is 5.91 Å². The zero-order chi connectivity index (χ0) is 21.6. The van der Waals surface area contributed by atoms with Gasteiger partial charge in [0.25, 0.3) is 5.91 Å². The number of hydrogen-bond acceptors (Lipinski definition) is 6. The van der Waals surface area contributed by atoms with Crippen molar-refractivity contribution in [1.82, 2.24) is 19.9 Å². The number of hydrogen-bond donors (Lipinski definition) is 0. The SMILES string of the molecule is COc1ccc(C(=O)N2CC3(CC(c4nc(-c5ccccc5)no4)N(C)C3)C2)cc1F. The number of carbonyl (C=O) groups excluding carboxylic acids is 1. The smallest absolute Gasteiger partial charge is 0.254 e. The molecule has 8 heteroatoms. The molecule has 3 aromatic rings. The molecular formula is C23H23FN4O3. The van der Waals surface area contributed by atoms with Crippen LogP contribution < -0.4 is 4.74 Å². The van der Waals surface area contributed by atoms with E-state index in [9.17, 15) is 9.18 Å². The molecule has 1 unspecified atom stereocenters. The lowest BCUT2D eigenvalue weighted by atomic mass is 9.77. The van der Waals surface area contributed by atoms with Crippen LogP contribution >= 0.6 is 0 Å². The minimum atomic E-state index is -0.533. The second-order valence-corrected chi connectivity index (χ2v) is 8.47. The van der Waals surface area contributed by atoms with Gasteiger partial charge in [-0.25, -0.2) is 4.39 Å². The van der Waals surface area contributed by atoms with Crippen molar-refractivity contribution < 1.29 is 18.4 Å². The Kier molecular flexibility index (Phi) is 4.74. The Labute approximate surface area is 179 Å². The normalized spacial score (nSPS) is 20.1. The summed E-state index contributed by atoms with van der Waals surface area (Å²) in [7, 11) is 3.44. The third-order valence-corrected chi connectivity index (χ3v) is 6.24. The number of nitrogens with zero attached hydrogens (tertiary/aromatic N) is 4. The van der Waals surface area contributed by atoms with Crippen LogP contribution in [-0.2, 0) is 0 Å². The number of amides is 1. The van der Waals surface area contributed by atoms with Crippen LogP contribution in [-0.4, -0.2) is 59.6 Å². The molecule has 0 radical (unpaired) electrons. The number of halogens is 1. The molecule has 1 aromatic heterocycles. The van der Waals surface area contributed by atoms with Gasteiger partial charge in [0.05, 0.1) is 13.2 Å². The summed E-state index contributed by atoms with van der Waals surface area (Å²) in [5, 5.41) is 4.14. The molecule has 5 rings (SSSR count). The van der Waals surface area contributed by atoms with E-state index in [4.69, 9.17) is 9.26 Å². The van der Waals surface area contributed by atoms with Crippen LogP contribution in [0.15, 0.2) is 53.1 Å². The third kappa shape index (κ3) is 3.46. The Hall–Kier alpha value is -3.26. The topological polar surface area (TPSA) is 71.7 Å². The number of ether oxygens (including phenoxy) is 1. The lowest BCUT2D eigenvalue weighted by molar-refractivity contribution is 0.0114. The molecule has 7 nitrogen and oxygen atoms in total. The summed E-state index contributed by atoms with van der Waals surface area (Å²) in [5.41, 5.74) is 1.24. The number of benzene rings is 2. The zero-order valence-electron chi connectivity index (χ0n) is 17.4. The van der Waals surface area contributed by atoms with Crippen LogP contribution in [0.4, 0.5) is 4.39 Å². The summed E-state index contributed by atoms with van der Waals surface area (Å²) in [4.78, 5) is 21.4. The Balaban J connectivity index is 1.26. The molecule has 2 aliphatic rings. The lowest BCUT2D eigenvalue weighted by Crippen LogP contribution is -2.59. The fraction of sp³-hybridized carbons (Fsp3) is 0.348. The second-order valence-electron chi connectivity index (χ2n) is 8.47. The minimum absolute atomic E-state index is 0.0124. The highest BCUT2D eigenvalue weighted by Gasteiger charge is 2.53. The first-order chi connectivity index (χ1) is 15.0. The molecule has 0 aliphatic carbocycles. The molecule has 0 N–H and O–H groups in total. The fourth-order valence-corrected chi connectivity index (χ4v) is 4.74. The van der Waals surface area contributed by atoms with Gasteiger partial charge in [0.2, 0.25) is 11.7 Å². The van der Waals surface area contributed by atoms with Gasteiger partial charge in [0.15, 0.2) is 11.6 Å². The summed E-state index contributed by atoms with van der Waals surface area (Å²) in [5.74, 6) is 0.612. The number of methoxy groups -OCH3 is 1. The quantitative estimate of drug-likeness (QED) is 0.642. The first-order valence-electron chi connectivity index (χ1n) is 10.2. The zero-order valence-corrected chi connectivity index (χ0v) is 17.4. The van der Waals surface area contributed by atoms with E-state index in [1.807, 2.05) is 37.4 Å². The number of aromatic nitrogens is 2. The predicted octanol–water partition coefficient (Wildman–Crippen LogP) is 3.40. The van der Waals surface area contributed by atoms with Crippen LogP contribution in [0.25, 0.3) is 11.4 Å². The summed E-state index contributed by atoms with van der Waals surface area (Å²) in [6, 6.07) is 14.1. The van der Waals surface area contributed by atoms with E-state index in [-0.39, 0.29) is 23.1 Å². The highest BCUT2D eigenvalue weighted by molar-refractivity contribution is 5.95. The third-order valence-electron chi connectivity index (χ3n) is 6.24. The van der Waals surface area contributed by atoms with Crippen molar-refractivity contribution in [3.63, 3.8) is 0 Å². The molecule has 2 fully saturated rings. The van der Waals surface area contributed by atoms with Crippen LogP contribution in [0.2, 0.25) is 0 Å². The van der Waals surface area contributed by atoms with Crippen molar-refractivity contribution in [2.75, 3.05) is 33.8 Å². The summed E-state index contributed by atoms with van der Waals surface area (Å²) >= 11 is 0. The van der Waals surface area contributed by atoms with E-state index >= 15 is 0 Å². The molecule has 1 spiro atoms. The summed E-state index contributed by atoms with van der Waals surface area (Å²) in [6.07, 6.45) is 0.834. The van der Waals surface area contributed by atoms with Crippen LogP contribution in [0.5, 0.6) is 5.75 Å². The molecule has 0 bridgehead atoms. The van der Waals surface area contributed by atoms with Gasteiger partial charge in [0.1, 0.15) is 0 Å². The van der Waals surface area contributed by atoms with Gasteiger partial charge in [-0.3, -0.25) is 9.69 Å². The first-order valence-corrected chi connectivity index (χ1v) is 10.2. The average molecular weight is 422 g/mol. The summed E-state index contributed by atoms with van der Waals surface area (Å²) in [6.45, 7) is 2.08. The van der Waals surface area contributed by atoms with Crippen molar-refractivity contribution in [2.45, 2.75) is 12.5 Å². The minimum Gasteiger partial charge on any atom is -0.494 e. The highest BCUT2D eigenvalue weighted by atomic mass is 19.1. The molecule has 1 atom stereocenters. The van der Waals surface area contributed by atoms with Gasteiger partial charge in [-0.15, -0.1) is 0 Å². The van der Waals surface area contributed by atoms with Crippen LogP contribution in [0.3, 0.4) is 0 Å². The van der Waals surface area contributed by atoms with Gasteiger partial charge >= 0.3 is 0 Å². The number of rotatable bonds is 4. The van der Waals surface area contributed by atoms with Gasteiger partial charge in [0, 0.05) is 36.2 Å². The van der Waals surface area contributed by atoms with Crippen molar-refractivity contribution in [3.8, 4) is 17.1 Å². The average Bonchev–Trinajstić information content (AvgIpc) is 3.37. The maximum absolute atomic E-state index is 14.0. The van der Waals surface area contributed by atoms with Gasteiger partial charge in [-0.1, -0.05) is 35.5 Å². The largest absolute Gasteiger partial charge is 0.494 e. The maximum Gasteiger partial charge on any atom is 0.254 e. The van der Waals surface area contributed by atoms with Gasteiger partial charge < -0.3 is 14.2 Å². The van der Waals surface area contributed by atoms with E-state index < -0.39 is 5.82 Å². The Morgan fingerprint density at radius 2 is 1.97 bits per heavy atom. The van der Waals surface area contributed by atoms with Gasteiger partial charge in [-0.2, -0.15) is 4.98 Å². The Morgan fingerprint density at radius 3 is 2.68 bits per heavy atom. The molecule has 3 heterocycles. The Bertz CT molecular complexity index is 1110. The van der Waals surface area contributed by atoms with Crippen molar-refractivity contribution in [1.29, 1.82) is 0 Å². The lowest BCUT2D eigenvalue weighted by Gasteiger charge is -2.48. The molecule has 0 saturated carbocycles. The molecule has 31 heavy (non-hydrogen) atoms. The molecular weight excluding hydrogens is 399 g/mol. The van der Waals surface area contributed by atoms with Crippen molar-refractivity contribution in [3.05, 3.63) is 65.8 Å². The number of carbonyl (C=O) groups is 1. The fourth-order valence-electron chi connectivity index (χ4n) is 4.74. The van der Waals surface area contributed by atoms with E-state index in [2.05, 4.69) is 15.0 Å². The Morgan fingerprint density at radius 1 is 1.19 bits per heavy atom. The maximum atomic E-state index is 14.0. The number of likely N-dealkylation sites (tertiary alicyclic amines) is 2. The van der Waals surface area contributed by atoms with Crippen molar-refractivity contribution in [2.24, 2.45) is 5.41 Å². The van der Waals surface area contributed by atoms with E-state index in [1.54, 1.807) is 11.0 Å². The molecule has 2 aliphatic heterocycles. The van der Waals surface area contributed by atoms with E-state index in [0.717, 1.165) is 18.5 Å². The predicted molar refractivity (Wildman–Crippen MR) is 111 cm³/mol. The molecule has 2 aromatic carbocycles. The van der Waals surface area contributed by atoms with E-state index in [0.29, 0.717) is 30.4 Å². The van der Waals surface area contributed by atoms with E-state index in [1.165, 1.54) is 19.2 Å². The highest BCUT2D eigenvalue weighted by Crippen LogP contribution is 2.47. The molecule has 160 valence electrons. The molecule has 2 saturated heterocycles. The van der Waals surface area contributed by atoms with Crippen LogP contribution in [0, 0.1) is 11.2 Å².